The van der Waals surface area contributed by atoms with Gasteiger partial charge in [-0.15, -0.1) is 0 Å². The molecule has 1 aromatic carbocycles. The van der Waals surface area contributed by atoms with Crippen LogP contribution in [0.2, 0.25) is 0 Å². The SMILES string of the molecule is CCc1cc(Oc2cccnc2)cc2[nH]ncc12. The highest BCUT2D eigenvalue weighted by Gasteiger charge is 2.06. The minimum Gasteiger partial charge on any atom is -0.456 e. The Labute approximate surface area is 105 Å². The summed E-state index contributed by atoms with van der Waals surface area (Å²) in [6.45, 7) is 2.12. The molecule has 1 N–H and O–H groups in total. The maximum atomic E-state index is 5.79. The molecular weight excluding hydrogens is 226 g/mol. The van der Waals surface area contributed by atoms with Gasteiger partial charge in [-0.2, -0.15) is 5.10 Å². The lowest BCUT2D eigenvalue weighted by Gasteiger charge is -2.07. The van der Waals surface area contributed by atoms with E-state index in [4.69, 9.17) is 4.74 Å². The van der Waals surface area contributed by atoms with Crippen molar-refractivity contribution in [2.45, 2.75) is 13.3 Å². The second kappa shape index (κ2) is 4.49. The van der Waals surface area contributed by atoms with Gasteiger partial charge in [-0.3, -0.25) is 10.1 Å². The quantitative estimate of drug-likeness (QED) is 0.762. The molecule has 3 rings (SSSR count). The Kier molecular flexibility index (Phi) is 2.68. The Hall–Kier alpha value is -2.36. The number of nitrogens with zero attached hydrogens (tertiary/aromatic N) is 2. The fraction of sp³-hybridized carbons (Fsp3) is 0.143. The van der Waals surface area contributed by atoms with E-state index in [9.17, 15) is 0 Å². The second-order valence-corrected chi connectivity index (χ2v) is 4.06. The average Bonchev–Trinajstić information content (AvgIpc) is 2.87. The summed E-state index contributed by atoms with van der Waals surface area (Å²) in [6, 6.07) is 7.74. The van der Waals surface area contributed by atoms with Crippen molar-refractivity contribution in [3.05, 3.63) is 48.4 Å². The molecule has 0 saturated heterocycles. The maximum Gasteiger partial charge on any atom is 0.145 e. The first kappa shape index (κ1) is 10.8. The predicted octanol–water partition coefficient (Wildman–Crippen LogP) is 3.31. The summed E-state index contributed by atoms with van der Waals surface area (Å²) < 4.78 is 5.79. The zero-order valence-corrected chi connectivity index (χ0v) is 10.1. The van der Waals surface area contributed by atoms with Gasteiger partial charge in [-0.1, -0.05) is 6.92 Å². The minimum absolute atomic E-state index is 0.735. The number of aromatic nitrogens is 3. The molecule has 0 unspecified atom stereocenters. The molecule has 3 aromatic rings. The first-order valence-corrected chi connectivity index (χ1v) is 5.90. The molecule has 0 saturated carbocycles. The number of hydrogen-bond acceptors (Lipinski definition) is 3. The molecule has 0 bridgehead atoms. The Balaban J connectivity index is 2.02. The lowest BCUT2D eigenvalue weighted by molar-refractivity contribution is 0.480. The van der Waals surface area contributed by atoms with E-state index < -0.39 is 0 Å². The lowest BCUT2D eigenvalue weighted by atomic mass is 10.1. The van der Waals surface area contributed by atoms with Crippen LogP contribution in [0.25, 0.3) is 10.9 Å². The van der Waals surface area contributed by atoms with Gasteiger partial charge in [-0.25, -0.2) is 0 Å². The van der Waals surface area contributed by atoms with Crippen LogP contribution in [-0.4, -0.2) is 15.2 Å². The fourth-order valence-electron chi connectivity index (χ4n) is 1.99. The summed E-state index contributed by atoms with van der Waals surface area (Å²) in [5, 5.41) is 8.19. The molecule has 2 aromatic heterocycles. The zero-order chi connectivity index (χ0) is 12.4. The average molecular weight is 239 g/mol. The smallest absolute Gasteiger partial charge is 0.145 e. The fourth-order valence-corrected chi connectivity index (χ4v) is 1.99. The van der Waals surface area contributed by atoms with Crippen molar-refractivity contribution in [2.75, 3.05) is 0 Å². The van der Waals surface area contributed by atoms with Crippen LogP contribution in [0, 0.1) is 0 Å². The number of nitrogens with one attached hydrogen (secondary N) is 1. The third-order valence-electron chi connectivity index (χ3n) is 2.87. The zero-order valence-electron chi connectivity index (χ0n) is 10.1. The van der Waals surface area contributed by atoms with Gasteiger partial charge >= 0.3 is 0 Å². The summed E-state index contributed by atoms with van der Waals surface area (Å²) in [5.74, 6) is 1.54. The van der Waals surface area contributed by atoms with Crippen LogP contribution in [-0.2, 0) is 6.42 Å². The van der Waals surface area contributed by atoms with Gasteiger partial charge in [0.15, 0.2) is 0 Å². The highest BCUT2D eigenvalue weighted by molar-refractivity contribution is 5.83. The summed E-state index contributed by atoms with van der Waals surface area (Å²) in [4.78, 5) is 4.03. The third-order valence-corrected chi connectivity index (χ3v) is 2.87. The van der Waals surface area contributed by atoms with Crippen LogP contribution >= 0.6 is 0 Å². The minimum atomic E-state index is 0.735. The number of aryl methyl sites for hydroxylation is 1. The van der Waals surface area contributed by atoms with Crippen molar-refractivity contribution in [2.24, 2.45) is 0 Å². The van der Waals surface area contributed by atoms with Crippen LogP contribution in [0.4, 0.5) is 0 Å². The largest absolute Gasteiger partial charge is 0.456 e. The van der Waals surface area contributed by atoms with Crippen molar-refractivity contribution >= 4 is 10.9 Å². The van der Waals surface area contributed by atoms with Crippen molar-refractivity contribution in [1.82, 2.24) is 15.2 Å². The summed E-state index contributed by atoms with van der Waals surface area (Å²) in [7, 11) is 0. The number of aromatic amines is 1. The van der Waals surface area contributed by atoms with Crippen LogP contribution in [0.5, 0.6) is 11.5 Å². The van der Waals surface area contributed by atoms with Crippen molar-refractivity contribution in [3.8, 4) is 11.5 Å². The Morgan fingerprint density at radius 3 is 2.94 bits per heavy atom. The molecule has 0 spiro atoms. The molecule has 4 heteroatoms. The number of pyridine rings is 1. The van der Waals surface area contributed by atoms with Gasteiger partial charge in [0.25, 0.3) is 0 Å². The van der Waals surface area contributed by atoms with Crippen molar-refractivity contribution in [3.63, 3.8) is 0 Å². The Morgan fingerprint density at radius 2 is 2.17 bits per heavy atom. The predicted molar refractivity (Wildman–Crippen MR) is 69.8 cm³/mol. The van der Waals surface area contributed by atoms with Crippen LogP contribution in [0.3, 0.4) is 0 Å². The van der Waals surface area contributed by atoms with E-state index in [1.165, 1.54) is 5.56 Å². The molecule has 4 nitrogen and oxygen atoms in total. The van der Waals surface area contributed by atoms with E-state index >= 15 is 0 Å². The number of ether oxygens (including phenoxy) is 1. The van der Waals surface area contributed by atoms with Gasteiger partial charge < -0.3 is 4.74 Å². The van der Waals surface area contributed by atoms with Crippen LogP contribution in [0.1, 0.15) is 12.5 Å². The monoisotopic (exact) mass is 239 g/mol. The van der Waals surface area contributed by atoms with E-state index in [1.807, 2.05) is 30.5 Å². The standard InChI is InChI=1S/C14H13N3O/c1-2-10-6-12(7-14-13(10)9-16-17-14)18-11-4-3-5-15-8-11/h3-9H,2H2,1H3,(H,16,17). The maximum absolute atomic E-state index is 5.79. The van der Waals surface area contributed by atoms with E-state index in [0.717, 1.165) is 28.8 Å². The van der Waals surface area contributed by atoms with Gasteiger partial charge in [0, 0.05) is 17.6 Å². The Morgan fingerprint density at radius 1 is 1.22 bits per heavy atom. The topological polar surface area (TPSA) is 50.8 Å². The van der Waals surface area contributed by atoms with Crippen LogP contribution < -0.4 is 4.74 Å². The first-order chi connectivity index (χ1) is 8.86. The molecule has 90 valence electrons. The molecular formula is C14H13N3O. The molecule has 0 amide bonds. The highest BCUT2D eigenvalue weighted by Crippen LogP contribution is 2.27. The van der Waals surface area contributed by atoms with Crippen LogP contribution in [0.15, 0.2) is 42.9 Å². The molecule has 0 aliphatic rings. The molecule has 0 aliphatic carbocycles. The normalized spacial score (nSPS) is 10.7. The number of fused-ring (bicyclic) bond motifs is 1. The van der Waals surface area contributed by atoms with Gasteiger partial charge in [-0.05, 0) is 30.2 Å². The lowest BCUT2D eigenvalue weighted by Crippen LogP contribution is -1.88. The van der Waals surface area contributed by atoms with E-state index in [1.54, 1.807) is 12.4 Å². The summed E-state index contributed by atoms with van der Waals surface area (Å²) in [5.41, 5.74) is 2.22. The number of H-pyrrole nitrogens is 1. The Bertz CT molecular complexity index is 661. The number of rotatable bonds is 3. The van der Waals surface area contributed by atoms with E-state index in [2.05, 4.69) is 22.1 Å². The highest BCUT2D eigenvalue weighted by atomic mass is 16.5. The summed E-state index contributed by atoms with van der Waals surface area (Å²) in [6.07, 6.45) is 6.22. The van der Waals surface area contributed by atoms with E-state index in [-0.39, 0.29) is 0 Å². The van der Waals surface area contributed by atoms with Crippen molar-refractivity contribution < 1.29 is 4.74 Å². The molecule has 0 aliphatic heterocycles. The summed E-state index contributed by atoms with van der Waals surface area (Å²) >= 11 is 0. The molecule has 18 heavy (non-hydrogen) atoms. The number of hydrogen-bond donors (Lipinski definition) is 1. The second-order valence-electron chi connectivity index (χ2n) is 4.06. The van der Waals surface area contributed by atoms with Crippen molar-refractivity contribution in [1.29, 1.82) is 0 Å². The number of benzene rings is 1. The molecule has 0 atom stereocenters. The van der Waals surface area contributed by atoms with Gasteiger partial charge in [0.2, 0.25) is 0 Å². The molecule has 2 heterocycles. The van der Waals surface area contributed by atoms with Gasteiger partial charge in [0.05, 0.1) is 17.9 Å². The van der Waals surface area contributed by atoms with Gasteiger partial charge in [0.1, 0.15) is 11.5 Å². The molecule has 0 radical (unpaired) electrons. The molecule has 0 fully saturated rings. The first-order valence-electron chi connectivity index (χ1n) is 5.90. The third kappa shape index (κ3) is 1.93. The van der Waals surface area contributed by atoms with E-state index in [0.29, 0.717) is 0 Å².